The van der Waals surface area contributed by atoms with Gasteiger partial charge in [-0.05, 0) is 71.9 Å². The Morgan fingerprint density at radius 1 is 1.00 bits per heavy atom. The Morgan fingerprint density at radius 3 is 2.23 bits per heavy atom. The Labute approximate surface area is 163 Å². The van der Waals surface area contributed by atoms with Gasteiger partial charge in [-0.2, -0.15) is 0 Å². The Hall–Kier alpha value is -1.74. The number of hydrogen-bond acceptors (Lipinski definition) is 2. The Kier molecular flexibility index (Phi) is 10.1. The number of allylic oxidation sites excluding steroid dienone is 5. The third-order valence-electron chi connectivity index (χ3n) is 4.22. The summed E-state index contributed by atoms with van der Waals surface area (Å²) in [6.07, 6.45) is 11.2. The third-order valence-corrected chi connectivity index (χ3v) is 5.39. The third kappa shape index (κ3) is 8.57. The SMILES string of the molecule is CC(C)=CCCC(C)=CCCC(C)=CCSc1c(C)cccc1C(=O)O. The van der Waals surface area contributed by atoms with Gasteiger partial charge in [0.05, 0.1) is 5.56 Å². The van der Waals surface area contributed by atoms with Gasteiger partial charge in [0.1, 0.15) is 0 Å². The standard InChI is InChI=1S/C23H32O2S/c1-17(2)9-6-10-18(3)11-7-12-19(4)15-16-26-22-20(5)13-8-14-21(22)23(24)25/h8-9,11,13-15H,6-7,10,12,16H2,1-5H3,(H,24,25). The van der Waals surface area contributed by atoms with Crippen LogP contribution in [0.25, 0.3) is 0 Å². The summed E-state index contributed by atoms with van der Waals surface area (Å²) in [5.74, 6) is -0.0501. The molecule has 0 atom stereocenters. The molecule has 0 aliphatic rings. The van der Waals surface area contributed by atoms with Crippen LogP contribution >= 0.6 is 11.8 Å². The molecular formula is C23H32O2S. The molecule has 0 aliphatic carbocycles. The highest BCUT2D eigenvalue weighted by Crippen LogP contribution is 2.27. The maximum atomic E-state index is 11.3. The van der Waals surface area contributed by atoms with Crippen molar-refractivity contribution in [2.45, 2.75) is 65.2 Å². The first-order valence-electron chi connectivity index (χ1n) is 9.21. The highest BCUT2D eigenvalue weighted by atomic mass is 32.2. The second-order valence-electron chi connectivity index (χ2n) is 7.03. The molecule has 3 heteroatoms. The minimum atomic E-state index is -0.856. The maximum Gasteiger partial charge on any atom is 0.336 e. The quantitative estimate of drug-likeness (QED) is 0.348. The molecule has 0 aromatic heterocycles. The van der Waals surface area contributed by atoms with Crippen LogP contribution in [0.4, 0.5) is 0 Å². The monoisotopic (exact) mass is 372 g/mol. The van der Waals surface area contributed by atoms with E-state index in [1.807, 2.05) is 13.0 Å². The van der Waals surface area contributed by atoms with Crippen LogP contribution in [0.15, 0.2) is 58.0 Å². The Balaban J connectivity index is 2.48. The van der Waals surface area contributed by atoms with Gasteiger partial charge in [0, 0.05) is 10.6 Å². The van der Waals surface area contributed by atoms with Gasteiger partial charge in [0.25, 0.3) is 0 Å². The van der Waals surface area contributed by atoms with Crippen molar-refractivity contribution in [1.82, 2.24) is 0 Å². The van der Waals surface area contributed by atoms with E-state index < -0.39 is 5.97 Å². The molecule has 0 amide bonds. The zero-order valence-electron chi connectivity index (χ0n) is 16.8. The summed E-state index contributed by atoms with van der Waals surface area (Å²) in [7, 11) is 0. The summed E-state index contributed by atoms with van der Waals surface area (Å²) in [5, 5.41) is 9.32. The molecule has 1 rings (SSSR count). The highest BCUT2D eigenvalue weighted by molar-refractivity contribution is 7.99. The summed E-state index contributed by atoms with van der Waals surface area (Å²) in [6, 6.07) is 5.45. The largest absolute Gasteiger partial charge is 0.478 e. The summed E-state index contributed by atoms with van der Waals surface area (Å²) < 4.78 is 0. The van der Waals surface area contributed by atoms with E-state index in [0.717, 1.165) is 41.9 Å². The lowest BCUT2D eigenvalue weighted by atomic mass is 10.1. The first kappa shape index (κ1) is 22.3. The zero-order valence-corrected chi connectivity index (χ0v) is 17.6. The number of rotatable bonds is 10. The molecule has 1 aromatic rings. The molecule has 2 nitrogen and oxygen atoms in total. The second-order valence-corrected chi connectivity index (χ2v) is 8.06. The van der Waals surface area contributed by atoms with Gasteiger partial charge in [-0.1, -0.05) is 47.1 Å². The lowest BCUT2D eigenvalue weighted by Crippen LogP contribution is -2.00. The van der Waals surface area contributed by atoms with Crippen LogP contribution in [0.2, 0.25) is 0 Å². The minimum absolute atomic E-state index is 0.399. The van der Waals surface area contributed by atoms with Gasteiger partial charge >= 0.3 is 5.97 Å². The summed E-state index contributed by atoms with van der Waals surface area (Å²) in [4.78, 5) is 12.2. The van der Waals surface area contributed by atoms with Gasteiger partial charge < -0.3 is 5.11 Å². The summed E-state index contributed by atoms with van der Waals surface area (Å²) in [5.41, 5.74) is 5.62. The number of aromatic carboxylic acids is 1. The molecule has 0 aliphatic heterocycles. The molecule has 0 radical (unpaired) electrons. The number of carboxylic acids is 1. The number of aryl methyl sites for hydroxylation is 1. The van der Waals surface area contributed by atoms with Crippen LogP contribution in [0.5, 0.6) is 0 Å². The Bertz CT molecular complexity index is 692. The van der Waals surface area contributed by atoms with E-state index in [1.54, 1.807) is 23.9 Å². The van der Waals surface area contributed by atoms with Gasteiger partial charge in [-0.3, -0.25) is 0 Å². The molecular weight excluding hydrogens is 340 g/mol. The van der Waals surface area contributed by atoms with E-state index in [-0.39, 0.29) is 0 Å². The molecule has 0 fully saturated rings. The van der Waals surface area contributed by atoms with E-state index in [9.17, 15) is 9.90 Å². The molecule has 1 N–H and O–H groups in total. The van der Waals surface area contributed by atoms with Crippen molar-refractivity contribution >= 4 is 17.7 Å². The van der Waals surface area contributed by atoms with Crippen LogP contribution in [-0.2, 0) is 0 Å². The van der Waals surface area contributed by atoms with Crippen LogP contribution in [0.3, 0.4) is 0 Å². The van der Waals surface area contributed by atoms with Crippen molar-refractivity contribution in [3.8, 4) is 0 Å². The normalized spacial score (nSPS) is 12.2. The molecule has 0 heterocycles. The first-order chi connectivity index (χ1) is 12.3. The smallest absolute Gasteiger partial charge is 0.336 e. The van der Waals surface area contributed by atoms with Crippen molar-refractivity contribution in [3.05, 3.63) is 64.3 Å². The minimum Gasteiger partial charge on any atom is -0.478 e. The van der Waals surface area contributed by atoms with E-state index in [4.69, 9.17) is 0 Å². The van der Waals surface area contributed by atoms with E-state index >= 15 is 0 Å². The molecule has 0 bridgehead atoms. The predicted molar refractivity (Wildman–Crippen MR) is 114 cm³/mol. The van der Waals surface area contributed by atoms with E-state index in [0.29, 0.717) is 5.56 Å². The molecule has 1 aromatic carbocycles. The van der Waals surface area contributed by atoms with Crippen molar-refractivity contribution < 1.29 is 9.90 Å². The summed E-state index contributed by atoms with van der Waals surface area (Å²) >= 11 is 1.60. The van der Waals surface area contributed by atoms with Gasteiger partial charge in [0.2, 0.25) is 0 Å². The van der Waals surface area contributed by atoms with Crippen LogP contribution < -0.4 is 0 Å². The number of hydrogen-bond donors (Lipinski definition) is 1. The molecule has 0 saturated carbocycles. The van der Waals surface area contributed by atoms with Crippen molar-refractivity contribution in [3.63, 3.8) is 0 Å². The maximum absolute atomic E-state index is 11.3. The topological polar surface area (TPSA) is 37.3 Å². The fourth-order valence-corrected chi connectivity index (χ4v) is 3.76. The molecule has 0 unspecified atom stereocenters. The average molecular weight is 373 g/mol. The van der Waals surface area contributed by atoms with Crippen molar-refractivity contribution in [2.24, 2.45) is 0 Å². The molecule has 0 spiro atoms. The Morgan fingerprint density at radius 2 is 1.62 bits per heavy atom. The van der Waals surface area contributed by atoms with Gasteiger partial charge in [-0.15, -0.1) is 11.8 Å². The fraction of sp³-hybridized carbons (Fsp3) is 0.435. The van der Waals surface area contributed by atoms with Crippen LogP contribution in [0, 0.1) is 6.92 Å². The lowest BCUT2D eigenvalue weighted by molar-refractivity contribution is 0.0693. The summed E-state index contributed by atoms with van der Waals surface area (Å²) in [6.45, 7) is 10.6. The molecule has 0 saturated heterocycles. The van der Waals surface area contributed by atoms with Crippen LogP contribution in [0.1, 0.15) is 69.3 Å². The lowest BCUT2D eigenvalue weighted by Gasteiger charge is -2.08. The fourth-order valence-electron chi connectivity index (χ4n) is 2.62. The van der Waals surface area contributed by atoms with E-state index in [2.05, 4.69) is 45.9 Å². The van der Waals surface area contributed by atoms with Gasteiger partial charge in [0.15, 0.2) is 0 Å². The molecule has 142 valence electrons. The predicted octanol–water partition coefficient (Wildman–Crippen LogP) is 7.20. The number of carbonyl (C=O) groups is 1. The number of benzene rings is 1. The van der Waals surface area contributed by atoms with Gasteiger partial charge in [-0.25, -0.2) is 4.79 Å². The average Bonchev–Trinajstić information content (AvgIpc) is 2.55. The van der Waals surface area contributed by atoms with Crippen molar-refractivity contribution in [2.75, 3.05) is 5.75 Å². The van der Waals surface area contributed by atoms with Crippen molar-refractivity contribution in [1.29, 1.82) is 0 Å². The molecule has 26 heavy (non-hydrogen) atoms. The highest BCUT2D eigenvalue weighted by Gasteiger charge is 2.11. The zero-order chi connectivity index (χ0) is 19.5. The van der Waals surface area contributed by atoms with Crippen LogP contribution in [-0.4, -0.2) is 16.8 Å². The number of carboxylic acid groups (broad SMARTS) is 1. The first-order valence-corrected chi connectivity index (χ1v) is 10.2. The second kappa shape index (κ2) is 11.8. The van der Waals surface area contributed by atoms with E-state index in [1.165, 1.54) is 16.7 Å². The number of thioether (sulfide) groups is 1.